The number of urea groups is 1. The molecule has 1 saturated heterocycles. The van der Waals surface area contributed by atoms with Crippen LogP contribution in [0.3, 0.4) is 0 Å². The zero-order valence-corrected chi connectivity index (χ0v) is 9.48. The summed E-state index contributed by atoms with van der Waals surface area (Å²) >= 11 is 0. The third-order valence-electron chi connectivity index (χ3n) is 3.50. The molecule has 2 fully saturated rings. The summed E-state index contributed by atoms with van der Waals surface area (Å²) < 4.78 is 0. The molecule has 0 aromatic rings. The van der Waals surface area contributed by atoms with Crippen LogP contribution >= 0.6 is 0 Å². The molecule has 2 aliphatic rings. The van der Waals surface area contributed by atoms with Gasteiger partial charge in [-0.05, 0) is 32.1 Å². The Kier molecular flexibility index (Phi) is 3.03. The van der Waals surface area contributed by atoms with Crippen molar-refractivity contribution in [3.63, 3.8) is 0 Å². The van der Waals surface area contributed by atoms with Crippen molar-refractivity contribution in [3.8, 4) is 0 Å². The van der Waals surface area contributed by atoms with Gasteiger partial charge in [-0.15, -0.1) is 0 Å². The van der Waals surface area contributed by atoms with E-state index < -0.39 is 5.97 Å². The lowest BCUT2D eigenvalue weighted by atomic mass is 10.1. The maximum absolute atomic E-state index is 11.8. The number of likely N-dealkylation sites (tertiary alicyclic amines) is 1. The molecule has 0 radical (unpaired) electrons. The summed E-state index contributed by atoms with van der Waals surface area (Å²) in [4.78, 5) is 24.1. The number of carbonyl (C=O) groups is 2. The number of aliphatic carboxylic acids is 1. The first-order valence-corrected chi connectivity index (χ1v) is 5.86. The van der Waals surface area contributed by atoms with Crippen LogP contribution in [0.1, 0.15) is 26.2 Å². The third kappa shape index (κ3) is 2.46. The minimum atomic E-state index is -0.800. The second-order valence-corrected chi connectivity index (χ2v) is 4.85. The van der Waals surface area contributed by atoms with Crippen LogP contribution < -0.4 is 5.32 Å². The molecular weight excluding hydrogens is 208 g/mol. The topological polar surface area (TPSA) is 69.6 Å². The molecule has 2 rings (SSSR count). The highest BCUT2D eigenvalue weighted by atomic mass is 16.4. The Morgan fingerprint density at radius 3 is 2.56 bits per heavy atom. The van der Waals surface area contributed by atoms with Crippen LogP contribution in [-0.4, -0.2) is 41.1 Å². The number of amides is 2. The number of carboxylic acids is 1. The summed E-state index contributed by atoms with van der Waals surface area (Å²) in [5, 5.41) is 11.8. The van der Waals surface area contributed by atoms with Gasteiger partial charge < -0.3 is 15.3 Å². The molecule has 2 atom stereocenters. The molecule has 2 N–H and O–H groups in total. The SMILES string of the molecule is CC(NC(=O)N1CCC(C(=O)O)C1)C1CC1. The first kappa shape index (κ1) is 11.2. The minimum absolute atomic E-state index is 0.108. The Morgan fingerprint density at radius 2 is 2.06 bits per heavy atom. The monoisotopic (exact) mass is 226 g/mol. The largest absolute Gasteiger partial charge is 0.481 e. The van der Waals surface area contributed by atoms with Gasteiger partial charge >= 0.3 is 12.0 Å². The van der Waals surface area contributed by atoms with Crippen molar-refractivity contribution in [1.29, 1.82) is 0 Å². The van der Waals surface area contributed by atoms with Gasteiger partial charge in [-0.2, -0.15) is 0 Å². The number of hydrogen-bond donors (Lipinski definition) is 2. The molecule has 0 aromatic carbocycles. The van der Waals surface area contributed by atoms with E-state index in [0.717, 1.165) is 0 Å². The summed E-state index contributed by atoms with van der Waals surface area (Å²) in [5.74, 6) is -0.561. The van der Waals surface area contributed by atoms with E-state index in [1.54, 1.807) is 4.90 Å². The summed E-state index contributed by atoms with van der Waals surface area (Å²) in [6.07, 6.45) is 2.96. The Balaban J connectivity index is 1.79. The van der Waals surface area contributed by atoms with E-state index in [4.69, 9.17) is 5.11 Å². The van der Waals surface area contributed by atoms with Crippen LogP contribution in [0.15, 0.2) is 0 Å². The number of carbonyl (C=O) groups excluding carboxylic acids is 1. The fourth-order valence-electron chi connectivity index (χ4n) is 2.15. The fraction of sp³-hybridized carbons (Fsp3) is 0.818. The molecule has 5 heteroatoms. The molecule has 1 aliphatic carbocycles. The van der Waals surface area contributed by atoms with Crippen LogP contribution in [0.2, 0.25) is 0 Å². The molecular formula is C11H18N2O3. The van der Waals surface area contributed by atoms with Crippen LogP contribution in [-0.2, 0) is 4.79 Å². The Labute approximate surface area is 94.8 Å². The van der Waals surface area contributed by atoms with Gasteiger partial charge in [0, 0.05) is 19.1 Å². The molecule has 1 aliphatic heterocycles. The molecule has 5 nitrogen and oxygen atoms in total. The normalized spacial score (nSPS) is 26.6. The van der Waals surface area contributed by atoms with E-state index in [-0.39, 0.29) is 18.0 Å². The summed E-state index contributed by atoms with van der Waals surface area (Å²) in [7, 11) is 0. The van der Waals surface area contributed by atoms with Gasteiger partial charge in [0.05, 0.1) is 5.92 Å². The molecule has 90 valence electrons. The van der Waals surface area contributed by atoms with Crippen molar-refractivity contribution in [2.45, 2.75) is 32.2 Å². The molecule has 0 aromatic heterocycles. The van der Waals surface area contributed by atoms with Crippen LogP contribution in [0.4, 0.5) is 4.79 Å². The van der Waals surface area contributed by atoms with Crippen LogP contribution in [0.5, 0.6) is 0 Å². The highest BCUT2D eigenvalue weighted by Gasteiger charge is 2.33. The summed E-state index contributed by atoms with van der Waals surface area (Å²) in [6.45, 7) is 2.92. The zero-order valence-electron chi connectivity index (χ0n) is 9.48. The second-order valence-electron chi connectivity index (χ2n) is 4.85. The van der Waals surface area contributed by atoms with Gasteiger partial charge in [-0.1, -0.05) is 0 Å². The quantitative estimate of drug-likeness (QED) is 0.751. The highest BCUT2D eigenvalue weighted by Crippen LogP contribution is 2.32. The summed E-state index contributed by atoms with van der Waals surface area (Å²) in [6, 6.07) is 0.111. The molecule has 2 amide bonds. The first-order chi connectivity index (χ1) is 7.58. The molecule has 1 heterocycles. The van der Waals surface area contributed by atoms with Crippen molar-refractivity contribution in [2.24, 2.45) is 11.8 Å². The standard InChI is InChI=1S/C11H18N2O3/c1-7(8-2-3-8)12-11(16)13-5-4-9(6-13)10(14)15/h7-9H,2-6H2,1H3,(H,12,16)(H,14,15). The van der Waals surface area contributed by atoms with E-state index >= 15 is 0 Å². The third-order valence-corrected chi connectivity index (χ3v) is 3.50. The van der Waals surface area contributed by atoms with Crippen molar-refractivity contribution in [2.75, 3.05) is 13.1 Å². The van der Waals surface area contributed by atoms with Gasteiger partial charge in [0.2, 0.25) is 0 Å². The van der Waals surface area contributed by atoms with E-state index in [2.05, 4.69) is 5.32 Å². The van der Waals surface area contributed by atoms with E-state index in [1.165, 1.54) is 12.8 Å². The lowest BCUT2D eigenvalue weighted by Gasteiger charge is -2.20. The van der Waals surface area contributed by atoms with Crippen LogP contribution in [0.25, 0.3) is 0 Å². The number of carboxylic acid groups (broad SMARTS) is 1. The average Bonchev–Trinajstić information content (AvgIpc) is 2.95. The van der Waals surface area contributed by atoms with Gasteiger partial charge in [-0.25, -0.2) is 4.79 Å². The lowest BCUT2D eigenvalue weighted by Crippen LogP contribution is -2.43. The number of rotatable bonds is 3. The van der Waals surface area contributed by atoms with Gasteiger partial charge in [0.15, 0.2) is 0 Å². The van der Waals surface area contributed by atoms with Crippen molar-refractivity contribution in [1.82, 2.24) is 10.2 Å². The van der Waals surface area contributed by atoms with Gasteiger partial charge in [-0.3, -0.25) is 4.79 Å². The fourth-order valence-corrected chi connectivity index (χ4v) is 2.15. The smallest absolute Gasteiger partial charge is 0.317 e. The summed E-state index contributed by atoms with van der Waals surface area (Å²) in [5.41, 5.74) is 0. The molecule has 16 heavy (non-hydrogen) atoms. The number of hydrogen-bond acceptors (Lipinski definition) is 2. The van der Waals surface area contributed by atoms with Crippen LogP contribution in [0, 0.1) is 11.8 Å². The van der Waals surface area contributed by atoms with Crippen molar-refractivity contribution < 1.29 is 14.7 Å². The van der Waals surface area contributed by atoms with E-state index in [1.807, 2.05) is 6.92 Å². The average molecular weight is 226 g/mol. The lowest BCUT2D eigenvalue weighted by molar-refractivity contribution is -0.141. The predicted octanol–water partition coefficient (Wildman–Crippen LogP) is 0.901. The highest BCUT2D eigenvalue weighted by molar-refractivity contribution is 5.77. The van der Waals surface area contributed by atoms with Crippen molar-refractivity contribution >= 4 is 12.0 Å². The predicted molar refractivity (Wildman–Crippen MR) is 58.0 cm³/mol. The minimum Gasteiger partial charge on any atom is -0.481 e. The maximum atomic E-state index is 11.8. The van der Waals surface area contributed by atoms with Gasteiger partial charge in [0.25, 0.3) is 0 Å². The Bertz CT molecular complexity index is 302. The number of nitrogens with one attached hydrogen (secondary N) is 1. The molecule has 0 bridgehead atoms. The maximum Gasteiger partial charge on any atom is 0.317 e. The second kappa shape index (κ2) is 4.31. The zero-order chi connectivity index (χ0) is 11.7. The molecule has 1 saturated carbocycles. The Morgan fingerprint density at radius 1 is 1.38 bits per heavy atom. The molecule has 0 spiro atoms. The number of nitrogens with zero attached hydrogens (tertiary/aromatic N) is 1. The van der Waals surface area contributed by atoms with Gasteiger partial charge in [0.1, 0.15) is 0 Å². The first-order valence-electron chi connectivity index (χ1n) is 5.86. The Hall–Kier alpha value is -1.26. The molecule has 2 unspecified atom stereocenters. The van der Waals surface area contributed by atoms with E-state index in [9.17, 15) is 9.59 Å². The van der Waals surface area contributed by atoms with Crippen molar-refractivity contribution in [3.05, 3.63) is 0 Å². The van der Waals surface area contributed by atoms with E-state index in [0.29, 0.717) is 25.4 Å².